The van der Waals surface area contributed by atoms with E-state index in [1.807, 2.05) is 6.07 Å². The van der Waals surface area contributed by atoms with Crippen LogP contribution in [0.4, 0.5) is 17.6 Å². The molecule has 0 unspecified atom stereocenters. The summed E-state index contributed by atoms with van der Waals surface area (Å²) in [6, 6.07) is 15.3. The van der Waals surface area contributed by atoms with Gasteiger partial charge < -0.3 is 4.74 Å². The van der Waals surface area contributed by atoms with Crippen LogP contribution >= 0.6 is 0 Å². The largest absolute Gasteiger partial charge is 0.573 e. The molecule has 4 rings (SSSR count). The predicted molar refractivity (Wildman–Crippen MR) is 136 cm³/mol. The fraction of sp³-hybridized carbons (Fsp3) is 0.586. The smallest absolute Gasteiger partial charge is 0.406 e. The zero-order valence-corrected chi connectivity index (χ0v) is 21.7. The Morgan fingerprint density at radius 3 is 2.11 bits per heavy atom. The molecule has 1 radical (unpaired) electrons. The van der Waals surface area contributed by atoms with E-state index in [1.54, 1.807) is 12.1 Å². The molecule has 35 heavy (non-hydrogen) atoms. The fourth-order valence-electron chi connectivity index (χ4n) is 6.17. The van der Waals surface area contributed by atoms with E-state index < -0.39 is 6.36 Å². The maximum atomic E-state index is 15.0. The maximum absolute atomic E-state index is 15.0. The van der Waals surface area contributed by atoms with E-state index in [9.17, 15) is 17.6 Å². The summed E-state index contributed by atoms with van der Waals surface area (Å²) in [5, 5.41) is 0. The molecule has 2 aromatic carbocycles. The Morgan fingerprint density at radius 1 is 0.857 bits per heavy atom. The SMILES string of the molecule is CCCCC[Si]1CCC(C2CCC(c3ccc(-c4ccc(OC(F)(F)F)cc4)c(F)c3)CC2)CC1. The first-order valence-corrected chi connectivity index (χ1v) is 15.4. The number of alkyl halides is 3. The van der Waals surface area contributed by atoms with Crippen molar-refractivity contribution in [2.75, 3.05) is 0 Å². The number of ether oxygens (including phenoxy) is 1. The number of halogens is 4. The molecule has 1 aliphatic carbocycles. The number of benzene rings is 2. The van der Waals surface area contributed by atoms with Crippen LogP contribution in [0.2, 0.25) is 18.1 Å². The predicted octanol–water partition coefficient (Wildman–Crippen LogP) is 9.76. The quantitative estimate of drug-likeness (QED) is 0.197. The maximum Gasteiger partial charge on any atom is 0.573 e. The molecule has 0 aromatic heterocycles. The molecule has 1 heterocycles. The second-order valence-corrected chi connectivity index (χ2v) is 13.5. The second-order valence-electron chi connectivity index (χ2n) is 10.5. The van der Waals surface area contributed by atoms with Gasteiger partial charge in [-0.25, -0.2) is 4.39 Å². The van der Waals surface area contributed by atoms with E-state index in [-0.39, 0.29) is 20.4 Å². The molecule has 2 aromatic rings. The molecular formula is C29H37F4OSi. The molecule has 1 saturated carbocycles. The minimum atomic E-state index is -4.73. The summed E-state index contributed by atoms with van der Waals surface area (Å²) < 4.78 is 56.0. The number of hydrogen-bond donors (Lipinski definition) is 0. The minimum absolute atomic E-state index is 0.0845. The molecule has 1 saturated heterocycles. The third-order valence-electron chi connectivity index (χ3n) is 8.17. The number of rotatable bonds is 8. The summed E-state index contributed by atoms with van der Waals surface area (Å²) in [5.41, 5.74) is 1.99. The fourth-order valence-corrected chi connectivity index (χ4v) is 9.23. The Hall–Kier alpha value is -1.82. The van der Waals surface area contributed by atoms with Gasteiger partial charge >= 0.3 is 6.36 Å². The van der Waals surface area contributed by atoms with Gasteiger partial charge in [0.05, 0.1) is 0 Å². The average Bonchev–Trinajstić information content (AvgIpc) is 2.84. The van der Waals surface area contributed by atoms with Crippen molar-refractivity contribution in [1.29, 1.82) is 0 Å². The van der Waals surface area contributed by atoms with Crippen molar-refractivity contribution in [3.8, 4) is 16.9 Å². The standard InChI is InChI=1S/C29H37F4OSi/c1-2-3-4-17-35-18-15-23(16-19-35)21-5-7-22(8-6-21)25-11-14-27(28(30)20-25)24-9-12-26(13-10-24)34-29(31,32)33/h9-14,20-23H,2-8,15-19H2,1H3. The average molecular weight is 506 g/mol. The molecule has 1 aliphatic heterocycles. The summed E-state index contributed by atoms with van der Waals surface area (Å²) in [4.78, 5) is 0. The van der Waals surface area contributed by atoms with E-state index in [1.165, 1.54) is 87.3 Å². The van der Waals surface area contributed by atoms with Crippen molar-refractivity contribution in [1.82, 2.24) is 0 Å². The molecule has 0 atom stereocenters. The van der Waals surface area contributed by atoms with Crippen LogP contribution in [0.15, 0.2) is 42.5 Å². The van der Waals surface area contributed by atoms with Crippen LogP contribution in [0.1, 0.15) is 76.2 Å². The number of unbranched alkanes of at least 4 members (excludes halogenated alkanes) is 2. The zero-order chi connectivity index (χ0) is 24.8. The highest BCUT2D eigenvalue weighted by molar-refractivity contribution is 6.58. The van der Waals surface area contributed by atoms with Gasteiger partial charge in [-0.3, -0.25) is 0 Å². The van der Waals surface area contributed by atoms with E-state index >= 15 is 0 Å². The summed E-state index contributed by atoms with van der Waals surface area (Å²) in [6.45, 7) is 2.28. The Labute approximate surface area is 208 Å². The summed E-state index contributed by atoms with van der Waals surface area (Å²) in [7, 11) is -0.0845. The Balaban J connectivity index is 1.29. The number of hydrogen-bond acceptors (Lipinski definition) is 1. The van der Waals surface area contributed by atoms with Crippen molar-refractivity contribution >= 4 is 8.80 Å². The van der Waals surface area contributed by atoms with Gasteiger partial charge in [0.15, 0.2) is 0 Å². The van der Waals surface area contributed by atoms with Gasteiger partial charge in [-0.05, 0) is 72.8 Å². The molecule has 2 fully saturated rings. The third-order valence-corrected chi connectivity index (χ3v) is 11.2. The van der Waals surface area contributed by atoms with Crippen molar-refractivity contribution in [2.45, 2.75) is 95.1 Å². The van der Waals surface area contributed by atoms with Gasteiger partial charge in [0.1, 0.15) is 11.6 Å². The van der Waals surface area contributed by atoms with Crippen LogP contribution in [-0.4, -0.2) is 15.2 Å². The second kappa shape index (κ2) is 11.9. The lowest BCUT2D eigenvalue weighted by molar-refractivity contribution is -0.274. The first-order chi connectivity index (χ1) is 16.8. The first kappa shape index (κ1) is 26.2. The summed E-state index contributed by atoms with van der Waals surface area (Å²) in [6.07, 6.45) is 7.03. The molecule has 0 bridgehead atoms. The Morgan fingerprint density at radius 2 is 1.51 bits per heavy atom. The molecule has 191 valence electrons. The van der Waals surface area contributed by atoms with Crippen LogP contribution in [0.3, 0.4) is 0 Å². The molecule has 0 N–H and O–H groups in total. The van der Waals surface area contributed by atoms with E-state index in [4.69, 9.17) is 0 Å². The zero-order valence-electron chi connectivity index (χ0n) is 20.7. The molecule has 6 heteroatoms. The van der Waals surface area contributed by atoms with Crippen LogP contribution < -0.4 is 4.74 Å². The van der Waals surface area contributed by atoms with Crippen LogP contribution in [-0.2, 0) is 0 Å². The topological polar surface area (TPSA) is 9.23 Å². The summed E-state index contributed by atoms with van der Waals surface area (Å²) >= 11 is 0. The Bertz CT molecular complexity index is 927. The van der Waals surface area contributed by atoms with Gasteiger partial charge in [-0.15, -0.1) is 13.2 Å². The van der Waals surface area contributed by atoms with Crippen molar-refractivity contribution in [3.05, 3.63) is 53.8 Å². The van der Waals surface area contributed by atoms with Gasteiger partial charge in [0, 0.05) is 14.4 Å². The van der Waals surface area contributed by atoms with Crippen LogP contribution in [0, 0.1) is 17.7 Å². The molecular weight excluding hydrogens is 468 g/mol. The normalized spacial score (nSPS) is 22.3. The third kappa shape index (κ3) is 7.34. The minimum Gasteiger partial charge on any atom is -0.406 e. The molecule has 0 amide bonds. The molecule has 1 nitrogen and oxygen atoms in total. The van der Waals surface area contributed by atoms with Crippen LogP contribution in [0.25, 0.3) is 11.1 Å². The van der Waals surface area contributed by atoms with Gasteiger partial charge in [-0.1, -0.05) is 81.4 Å². The van der Waals surface area contributed by atoms with Gasteiger partial charge in [-0.2, -0.15) is 0 Å². The van der Waals surface area contributed by atoms with Crippen molar-refractivity contribution in [3.63, 3.8) is 0 Å². The molecule has 2 aliphatic rings. The van der Waals surface area contributed by atoms with E-state index in [2.05, 4.69) is 11.7 Å². The van der Waals surface area contributed by atoms with Gasteiger partial charge in [0.25, 0.3) is 0 Å². The highest BCUT2D eigenvalue weighted by atomic mass is 28.3. The lowest BCUT2D eigenvalue weighted by Gasteiger charge is -2.37. The van der Waals surface area contributed by atoms with Crippen molar-refractivity contribution in [2.24, 2.45) is 11.8 Å². The van der Waals surface area contributed by atoms with Crippen LogP contribution in [0.5, 0.6) is 5.75 Å². The summed E-state index contributed by atoms with van der Waals surface area (Å²) in [5.74, 6) is 1.52. The van der Waals surface area contributed by atoms with E-state index in [0.717, 1.165) is 30.2 Å². The lowest BCUT2D eigenvalue weighted by atomic mass is 9.72. The van der Waals surface area contributed by atoms with Gasteiger partial charge in [0.2, 0.25) is 0 Å². The first-order valence-electron chi connectivity index (χ1n) is 13.3. The van der Waals surface area contributed by atoms with E-state index in [0.29, 0.717) is 17.0 Å². The van der Waals surface area contributed by atoms with Crippen molar-refractivity contribution < 1.29 is 22.3 Å². The lowest BCUT2D eigenvalue weighted by Crippen LogP contribution is -2.28. The highest BCUT2D eigenvalue weighted by Gasteiger charge is 2.32. The monoisotopic (exact) mass is 505 g/mol. The Kier molecular flexibility index (Phi) is 8.95. The molecule has 0 spiro atoms. The highest BCUT2D eigenvalue weighted by Crippen LogP contribution is 2.44.